The quantitative estimate of drug-likeness (QED) is 0.902. The number of likely N-dealkylation sites (tertiary alicyclic amines) is 1. The molecule has 7 heteroatoms. The van der Waals surface area contributed by atoms with Crippen molar-refractivity contribution in [3.63, 3.8) is 0 Å². The zero-order chi connectivity index (χ0) is 18.0. The van der Waals surface area contributed by atoms with E-state index in [-0.39, 0.29) is 18.5 Å². The lowest BCUT2D eigenvalue weighted by Crippen LogP contribution is -2.37. The highest BCUT2D eigenvalue weighted by Crippen LogP contribution is 2.25. The van der Waals surface area contributed by atoms with Crippen LogP contribution in [0.5, 0.6) is 0 Å². The number of fused-ring (bicyclic) bond motifs is 1. The van der Waals surface area contributed by atoms with Gasteiger partial charge >= 0.3 is 5.97 Å². The Morgan fingerprint density at radius 2 is 2.12 bits per heavy atom. The summed E-state index contributed by atoms with van der Waals surface area (Å²) in [6.45, 7) is 1.25. The molecular formula is C18H21ClN2O4. The summed E-state index contributed by atoms with van der Waals surface area (Å²) in [5.74, 6) is -0.649. The Morgan fingerprint density at radius 3 is 2.88 bits per heavy atom. The minimum absolute atomic E-state index is 0.0168. The molecule has 1 amide bonds. The summed E-state index contributed by atoms with van der Waals surface area (Å²) in [6, 6.07) is 7.16. The standard InChI is InChI=1S/C18H21ClN2O4/c1-20(11-17(22)23)14-3-2-7-21(8-6-14)18(24)16-10-12-9-13(19)4-5-15(12)25-16/h4-5,9-10,14H,2-3,6-8,11H2,1H3,(H,22,23). The van der Waals surface area contributed by atoms with Gasteiger partial charge in [0.25, 0.3) is 5.91 Å². The number of hydrogen-bond acceptors (Lipinski definition) is 4. The van der Waals surface area contributed by atoms with Gasteiger partial charge in [-0.3, -0.25) is 14.5 Å². The molecule has 1 fully saturated rings. The molecular weight excluding hydrogens is 344 g/mol. The molecule has 2 heterocycles. The maximum atomic E-state index is 12.8. The van der Waals surface area contributed by atoms with Crippen LogP contribution >= 0.6 is 11.6 Å². The highest BCUT2D eigenvalue weighted by Gasteiger charge is 2.26. The summed E-state index contributed by atoms with van der Waals surface area (Å²) in [5, 5.41) is 10.3. The molecule has 134 valence electrons. The summed E-state index contributed by atoms with van der Waals surface area (Å²) >= 11 is 5.98. The topological polar surface area (TPSA) is 74.0 Å². The van der Waals surface area contributed by atoms with E-state index in [0.29, 0.717) is 29.5 Å². The van der Waals surface area contributed by atoms with Crippen molar-refractivity contribution in [3.05, 3.63) is 35.0 Å². The van der Waals surface area contributed by atoms with Crippen molar-refractivity contribution in [3.8, 4) is 0 Å². The molecule has 1 N–H and O–H groups in total. The molecule has 1 aliphatic heterocycles. The molecule has 0 spiro atoms. The van der Waals surface area contributed by atoms with E-state index in [1.807, 2.05) is 11.9 Å². The van der Waals surface area contributed by atoms with Gasteiger partial charge in [-0.1, -0.05) is 11.6 Å². The molecule has 25 heavy (non-hydrogen) atoms. The van der Waals surface area contributed by atoms with E-state index in [0.717, 1.165) is 24.6 Å². The van der Waals surface area contributed by atoms with Crippen LogP contribution in [-0.2, 0) is 4.79 Å². The highest BCUT2D eigenvalue weighted by molar-refractivity contribution is 6.31. The van der Waals surface area contributed by atoms with Gasteiger partial charge in [0, 0.05) is 29.5 Å². The van der Waals surface area contributed by atoms with Crippen LogP contribution in [0.2, 0.25) is 5.02 Å². The van der Waals surface area contributed by atoms with E-state index >= 15 is 0 Å². The number of carbonyl (C=O) groups is 2. The molecule has 2 aromatic rings. The van der Waals surface area contributed by atoms with Crippen LogP contribution in [-0.4, -0.2) is 59.5 Å². The molecule has 1 saturated heterocycles. The van der Waals surface area contributed by atoms with Gasteiger partial charge in [-0.25, -0.2) is 0 Å². The van der Waals surface area contributed by atoms with E-state index in [1.165, 1.54) is 0 Å². The number of halogens is 1. The van der Waals surface area contributed by atoms with Crippen LogP contribution < -0.4 is 0 Å². The third-order valence-corrected chi connectivity index (χ3v) is 4.92. The number of likely N-dealkylation sites (N-methyl/N-ethyl adjacent to an activating group) is 1. The predicted octanol–water partition coefficient (Wildman–Crippen LogP) is 3.10. The molecule has 6 nitrogen and oxygen atoms in total. The first kappa shape index (κ1) is 17.8. The Morgan fingerprint density at radius 1 is 1.32 bits per heavy atom. The number of rotatable bonds is 4. The zero-order valence-corrected chi connectivity index (χ0v) is 14.8. The Labute approximate surface area is 150 Å². The number of benzene rings is 1. The molecule has 1 aromatic carbocycles. The van der Waals surface area contributed by atoms with Gasteiger partial charge in [0.1, 0.15) is 5.58 Å². The SMILES string of the molecule is CN(CC(=O)O)C1CCCN(C(=O)c2cc3cc(Cl)ccc3o2)CC1. The number of hydrogen-bond donors (Lipinski definition) is 1. The van der Waals surface area contributed by atoms with Gasteiger partial charge < -0.3 is 14.4 Å². The lowest BCUT2D eigenvalue weighted by Gasteiger charge is -2.25. The lowest BCUT2D eigenvalue weighted by atomic mass is 10.1. The lowest BCUT2D eigenvalue weighted by molar-refractivity contribution is -0.138. The first-order valence-electron chi connectivity index (χ1n) is 8.34. The fraction of sp³-hybridized carbons (Fsp3) is 0.444. The fourth-order valence-electron chi connectivity index (χ4n) is 3.34. The van der Waals surface area contributed by atoms with Crippen LogP contribution in [0.4, 0.5) is 0 Å². The third kappa shape index (κ3) is 4.14. The monoisotopic (exact) mass is 364 g/mol. The maximum absolute atomic E-state index is 12.8. The van der Waals surface area contributed by atoms with Crippen molar-refractivity contribution in [2.24, 2.45) is 0 Å². The van der Waals surface area contributed by atoms with E-state index in [4.69, 9.17) is 21.1 Å². The average Bonchev–Trinajstić information content (AvgIpc) is 2.81. The summed E-state index contributed by atoms with van der Waals surface area (Å²) in [4.78, 5) is 27.3. The van der Waals surface area contributed by atoms with Crippen LogP contribution in [0, 0.1) is 0 Å². The molecule has 1 aromatic heterocycles. The number of nitrogens with zero attached hydrogens (tertiary/aromatic N) is 2. The van der Waals surface area contributed by atoms with Crippen molar-refractivity contribution in [1.29, 1.82) is 0 Å². The summed E-state index contributed by atoms with van der Waals surface area (Å²) in [5.41, 5.74) is 0.640. The number of carbonyl (C=O) groups excluding carboxylic acids is 1. The number of furan rings is 1. The number of carboxylic acid groups (broad SMARTS) is 1. The summed E-state index contributed by atoms with van der Waals surface area (Å²) < 4.78 is 5.67. The van der Waals surface area contributed by atoms with Crippen LogP contribution in [0.3, 0.4) is 0 Å². The predicted molar refractivity (Wildman–Crippen MR) is 95.0 cm³/mol. The Hall–Kier alpha value is -2.05. The fourth-order valence-corrected chi connectivity index (χ4v) is 3.52. The van der Waals surface area contributed by atoms with Gasteiger partial charge in [0.2, 0.25) is 0 Å². The van der Waals surface area contributed by atoms with Gasteiger partial charge in [-0.05, 0) is 50.6 Å². The van der Waals surface area contributed by atoms with Gasteiger partial charge in [-0.2, -0.15) is 0 Å². The first-order chi connectivity index (χ1) is 11.9. The summed E-state index contributed by atoms with van der Waals surface area (Å²) in [6.07, 6.45) is 2.47. The van der Waals surface area contributed by atoms with Crippen molar-refractivity contribution in [2.75, 3.05) is 26.7 Å². The van der Waals surface area contributed by atoms with Gasteiger partial charge in [0.15, 0.2) is 5.76 Å². The van der Waals surface area contributed by atoms with E-state index in [2.05, 4.69) is 0 Å². The van der Waals surface area contributed by atoms with Gasteiger partial charge in [0.05, 0.1) is 6.54 Å². The van der Waals surface area contributed by atoms with Crippen molar-refractivity contribution in [2.45, 2.75) is 25.3 Å². The molecule has 1 unspecified atom stereocenters. The zero-order valence-electron chi connectivity index (χ0n) is 14.1. The molecule has 0 saturated carbocycles. The molecule has 0 aliphatic carbocycles. The maximum Gasteiger partial charge on any atom is 0.317 e. The normalized spacial score (nSPS) is 18.5. The van der Waals surface area contributed by atoms with Crippen LogP contribution in [0.1, 0.15) is 29.8 Å². The third-order valence-electron chi connectivity index (χ3n) is 4.68. The molecule has 0 bridgehead atoms. The molecule has 1 aliphatic rings. The van der Waals surface area contributed by atoms with E-state index < -0.39 is 5.97 Å². The van der Waals surface area contributed by atoms with Crippen molar-refractivity contribution >= 4 is 34.4 Å². The minimum atomic E-state index is -0.833. The van der Waals surface area contributed by atoms with Crippen molar-refractivity contribution < 1.29 is 19.1 Å². The number of amides is 1. The second-order valence-electron chi connectivity index (χ2n) is 6.48. The smallest absolute Gasteiger partial charge is 0.317 e. The second kappa shape index (κ2) is 7.45. The summed E-state index contributed by atoms with van der Waals surface area (Å²) in [7, 11) is 1.82. The Kier molecular flexibility index (Phi) is 5.30. The first-order valence-corrected chi connectivity index (χ1v) is 8.72. The number of aliphatic carboxylic acids is 1. The minimum Gasteiger partial charge on any atom is -0.480 e. The van der Waals surface area contributed by atoms with E-state index in [9.17, 15) is 9.59 Å². The number of carboxylic acids is 1. The van der Waals surface area contributed by atoms with Crippen molar-refractivity contribution in [1.82, 2.24) is 9.80 Å². The second-order valence-corrected chi connectivity index (χ2v) is 6.92. The van der Waals surface area contributed by atoms with Gasteiger partial charge in [-0.15, -0.1) is 0 Å². The molecule has 1 atom stereocenters. The highest BCUT2D eigenvalue weighted by atomic mass is 35.5. The Balaban J connectivity index is 1.68. The largest absolute Gasteiger partial charge is 0.480 e. The molecule has 0 radical (unpaired) electrons. The van der Waals surface area contributed by atoms with E-state index in [1.54, 1.807) is 29.2 Å². The van der Waals surface area contributed by atoms with Crippen LogP contribution in [0.15, 0.2) is 28.7 Å². The molecule has 3 rings (SSSR count). The average molecular weight is 365 g/mol. The Bertz CT molecular complexity index is 788. The van der Waals surface area contributed by atoms with Crippen LogP contribution in [0.25, 0.3) is 11.0 Å².